The quantitative estimate of drug-likeness (QED) is 0.744. The first-order valence-corrected chi connectivity index (χ1v) is 10.8. The molecule has 32 heavy (non-hydrogen) atoms. The van der Waals surface area contributed by atoms with Crippen molar-refractivity contribution in [3.05, 3.63) is 47.3 Å². The number of halogens is 3. The molecule has 7 nitrogen and oxygen atoms in total. The standard InChI is InChI=1S/C22H25F3N4O3/c1-2-32-21(31)28-10-8-16(9-11-28)27-20(30)18-13-26-29(19(18)14-6-7-14)17-5-3-4-15(12-17)22(23,24)25/h3-5,12-14,16H,2,6-11H2,1H3,(H,27,30). The molecule has 172 valence electrons. The Balaban J connectivity index is 1.49. The van der Waals surface area contributed by atoms with E-state index in [1.54, 1.807) is 17.9 Å². The molecule has 1 aromatic carbocycles. The lowest BCUT2D eigenvalue weighted by Gasteiger charge is -2.31. The number of benzene rings is 1. The van der Waals surface area contributed by atoms with E-state index in [0.717, 1.165) is 25.0 Å². The Bertz CT molecular complexity index is 993. The van der Waals surface area contributed by atoms with Crippen molar-refractivity contribution in [3.63, 3.8) is 0 Å². The highest BCUT2D eigenvalue weighted by Gasteiger charge is 2.35. The largest absolute Gasteiger partial charge is 0.450 e. The molecule has 1 saturated carbocycles. The van der Waals surface area contributed by atoms with Gasteiger partial charge < -0.3 is 15.0 Å². The van der Waals surface area contributed by atoms with Crippen LogP contribution in [-0.2, 0) is 10.9 Å². The monoisotopic (exact) mass is 450 g/mol. The van der Waals surface area contributed by atoms with Gasteiger partial charge in [-0.25, -0.2) is 9.48 Å². The van der Waals surface area contributed by atoms with E-state index < -0.39 is 11.7 Å². The molecular weight excluding hydrogens is 425 g/mol. The topological polar surface area (TPSA) is 76.5 Å². The van der Waals surface area contributed by atoms with Gasteiger partial charge in [-0.15, -0.1) is 0 Å². The molecule has 1 aliphatic heterocycles. The summed E-state index contributed by atoms with van der Waals surface area (Å²) in [4.78, 5) is 26.5. The summed E-state index contributed by atoms with van der Waals surface area (Å²) in [6, 6.07) is 4.86. The van der Waals surface area contributed by atoms with Crippen molar-refractivity contribution >= 4 is 12.0 Å². The van der Waals surface area contributed by atoms with E-state index in [2.05, 4.69) is 10.4 Å². The summed E-state index contributed by atoms with van der Waals surface area (Å²) in [6.07, 6.45) is -0.448. The summed E-state index contributed by atoms with van der Waals surface area (Å²) in [5.74, 6) is -0.196. The van der Waals surface area contributed by atoms with Crippen LogP contribution in [0.5, 0.6) is 0 Å². The van der Waals surface area contributed by atoms with Crippen LogP contribution in [0.25, 0.3) is 5.69 Å². The lowest BCUT2D eigenvalue weighted by Crippen LogP contribution is -2.46. The Morgan fingerprint density at radius 1 is 1.19 bits per heavy atom. The predicted octanol–water partition coefficient (Wildman–Crippen LogP) is 4.12. The molecule has 0 atom stereocenters. The Labute approximate surface area is 183 Å². The fourth-order valence-electron chi connectivity index (χ4n) is 3.99. The van der Waals surface area contributed by atoms with Gasteiger partial charge in [0, 0.05) is 25.0 Å². The van der Waals surface area contributed by atoms with E-state index in [4.69, 9.17) is 4.74 Å². The fraction of sp³-hybridized carbons (Fsp3) is 0.500. The zero-order valence-electron chi connectivity index (χ0n) is 17.7. The van der Waals surface area contributed by atoms with Crippen LogP contribution in [-0.4, -0.2) is 52.4 Å². The molecule has 0 spiro atoms. The highest BCUT2D eigenvalue weighted by molar-refractivity contribution is 5.95. The van der Waals surface area contributed by atoms with Gasteiger partial charge in [0.2, 0.25) is 0 Å². The van der Waals surface area contributed by atoms with E-state index in [1.807, 2.05) is 0 Å². The molecule has 2 aliphatic rings. The van der Waals surface area contributed by atoms with Crippen molar-refractivity contribution in [2.45, 2.75) is 50.7 Å². The number of likely N-dealkylation sites (tertiary alicyclic amines) is 1. The van der Waals surface area contributed by atoms with E-state index in [0.29, 0.717) is 43.8 Å². The minimum absolute atomic E-state index is 0.0958. The number of rotatable bonds is 5. The second kappa shape index (κ2) is 8.84. The van der Waals surface area contributed by atoms with Crippen LogP contribution >= 0.6 is 0 Å². The molecule has 2 heterocycles. The van der Waals surface area contributed by atoms with Crippen molar-refractivity contribution in [1.29, 1.82) is 0 Å². The highest BCUT2D eigenvalue weighted by Crippen LogP contribution is 2.43. The van der Waals surface area contributed by atoms with E-state index >= 15 is 0 Å². The van der Waals surface area contributed by atoms with Gasteiger partial charge in [-0.3, -0.25) is 4.79 Å². The maximum absolute atomic E-state index is 13.1. The van der Waals surface area contributed by atoms with Crippen molar-refractivity contribution in [2.24, 2.45) is 0 Å². The predicted molar refractivity (Wildman–Crippen MR) is 110 cm³/mol. The van der Waals surface area contributed by atoms with Gasteiger partial charge in [0.25, 0.3) is 5.91 Å². The molecule has 1 N–H and O–H groups in total. The van der Waals surface area contributed by atoms with Crippen molar-refractivity contribution < 1.29 is 27.5 Å². The Kier molecular flexibility index (Phi) is 6.12. The third-order valence-corrected chi connectivity index (χ3v) is 5.79. The number of ether oxygens (including phenoxy) is 1. The molecule has 0 bridgehead atoms. The summed E-state index contributed by atoms with van der Waals surface area (Å²) >= 11 is 0. The van der Waals surface area contributed by atoms with Gasteiger partial charge in [0.15, 0.2) is 0 Å². The summed E-state index contributed by atoms with van der Waals surface area (Å²) in [5.41, 5.74) is 0.554. The lowest BCUT2D eigenvalue weighted by atomic mass is 10.0. The van der Waals surface area contributed by atoms with E-state index in [1.165, 1.54) is 16.9 Å². The second-order valence-corrected chi connectivity index (χ2v) is 8.11. The van der Waals surface area contributed by atoms with Crippen molar-refractivity contribution in [1.82, 2.24) is 20.0 Å². The highest BCUT2D eigenvalue weighted by atomic mass is 19.4. The number of hydrogen-bond donors (Lipinski definition) is 1. The summed E-state index contributed by atoms with van der Waals surface area (Å²) in [7, 11) is 0. The molecule has 10 heteroatoms. The number of nitrogens with one attached hydrogen (secondary N) is 1. The molecule has 2 aromatic rings. The van der Waals surface area contributed by atoms with Gasteiger partial charge in [0.05, 0.1) is 35.3 Å². The summed E-state index contributed by atoms with van der Waals surface area (Å²) in [5, 5.41) is 7.26. The van der Waals surface area contributed by atoms with Crippen LogP contribution < -0.4 is 5.32 Å². The Morgan fingerprint density at radius 3 is 2.53 bits per heavy atom. The van der Waals surface area contributed by atoms with Crippen LogP contribution in [0, 0.1) is 0 Å². The third-order valence-electron chi connectivity index (χ3n) is 5.79. The zero-order chi connectivity index (χ0) is 22.9. The summed E-state index contributed by atoms with van der Waals surface area (Å²) in [6.45, 7) is 3.04. The van der Waals surface area contributed by atoms with Crippen LogP contribution in [0.4, 0.5) is 18.0 Å². The zero-order valence-corrected chi connectivity index (χ0v) is 17.7. The maximum Gasteiger partial charge on any atom is 0.416 e. The minimum Gasteiger partial charge on any atom is -0.450 e. The first kappa shape index (κ1) is 22.2. The smallest absolute Gasteiger partial charge is 0.416 e. The van der Waals surface area contributed by atoms with Gasteiger partial charge >= 0.3 is 12.3 Å². The minimum atomic E-state index is -4.46. The van der Waals surface area contributed by atoms with E-state index in [-0.39, 0.29) is 29.6 Å². The number of alkyl halides is 3. The number of nitrogens with zero attached hydrogens (tertiary/aromatic N) is 3. The molecule has 1 aliphatic carbocycles. The van der Waals surface area contributed by atoms with Crippen LogP contribution in [0.15, 0.2) is 30.5 Å². The number of carbonyl (C=O) groups excluding carboxylic acids is 2. The van der Waals surface area contributed by atoms with Crippen molar-refractivity contribution in [2.75, 3.05) is 19.7 Å². The second-order valence-electron chi connectivity index (χ2n) is 8.11. The average molecular weight is 450 g/mol. The van der Waals surface area contributed by atoms with Crippen molar-refractivity contribution in [3.8, 4) is 5.69 Å². The molecule has 0 unspecified atom stereocenters. The van der Waals surface area contributed by atoms with E-state index in [9.17, 15) is 22.8 Å². The van der Waals surface area contributed by atoms with Gasteiger partial charge in [-0.1, -0.05) is 6.07 Å². The summed E-state index contributed by atoms with van der Waals surface area (Å²) < 4.78 is 45.9. The first-order chi connectivity index (χ1) is 15.3. The molecule has 0 radical (unpaired) electrons. The molecule has 2 fully saturated rings. The van der Waals surface area contributed by atoms with Gasteiger partial charge in [0.1, 0.15) is 0 Å². The van der Waals surface area contributed by atoms with Crippen LogP contribution in [0.2, 0.25) is 0 Å². The SMILES string of the molecule is CCOC(=O)N1CCC(NC(=O)c2cnn(-c3cccc(C(F)(F)F)c3)c2C2CC2)CC1. The van der Waals surface area contributed by atoms with Gasteiger partial charge in [-0.05, 0) is 50.8 Å². The molecule has 1 aromatic heterocycles. The molecule has 1 saturated heterocycles. The first-order valence-electron chi connectivity index (χ1n) is 10.8. The Hall–Kier alpha value is -3.04. The molecule has 4 rings (SSSR count). The number of aromatic nitrogens is 2. The number of piperidine rings is 1. The third kappa shape index (κ3) is 4.73. The number of amides is 2. The number of carbonyl (C=O) groups is 2. The van der Waals surface area contributed by atoms with Crippen LogP contribution in [0.1, 0.15) is 60.1 Å². The average Bonchev–Trinajstić information content (AvgIpc) is 3.51. The molecular formula is C22H25F3N4O3. The van der Waals surface area contributed by atoms with Crippen LogP contribution in [0.3, 0.4) is 0 Å². The number of hydrogen-bond acceptors (Lipinski definition) is 4. The lowest BCUT2D eigenvalue weighted by molar-refractivity contribution is -0.137. The Morgan fingerprint density at radius 2 is 1.91 bits per heavy atom. The van der Waals surface area contributed by atoms with Gasteiger partial charge in [-0.2, -0.15) is 18.3 Å². The fourth-order valence-corrected chi connectivity index (χ4v) is 3.99. The maximum atomic E-state index is 13.1. The molecule has 2 amide bonds. The normalized spacial score (nSPS) is 17.3.